The highest BCUT2D eigenvalue weighted by molar-refractivity contribution is 6.42. The van der Waals surface area contributed by atoms with Crippen LogP contribution in [0.25, 0.3) is 16.6 Å². The van der Waals surface area contributed by atoms with Crippen molar-refractivity contribution >= 4 is 51.3 Å². The van der Waals surface area contributed by atoms with E-state index in [2.05, 4.69) is 4.98 Å². The number of nitrogens with zero attached hydrogens (tertiary/aromatic N) is 3. The summed E-state index contributed by atoms with van der Waals surface area (Å²) < 4.78 is 1.88. The molecule has 0 saturated heterocycles. The van der Waals surface area contributed by atoms with Crippen LogP contribution in [0.15, 0.2) is 48.2 Å². The van der Waals surface area contributed by atoms with Crippen molar-refractivity contribution in [2.75, 3.05) is 11.4 Å². The molecule has 3 aromatic rings. The zero-order chi connectivity index (χ0) is 17.7. The maximum absolute atomic E-state index is 10.5. The number of anilines is 1. The fourth-order valence-corrected chi connectivity index (χ4v) is 3.35. The molecule has 7 heteroatoms. The van der Waals surface area contributed by atoms with E-state index in [4.69, 9.17) is 28.6 Å². The molecule has 0 saturated carbocycles. The van der Waals surface area contributed by atoms with Crippen molar-refractivity contribution in [1.82, 2.24) is 9.55 Å². The van der Waals surface area contributed by atoms with Crippen LogP contribution in [0.2, 0.25) is 10.0 Å². The summed E-state index contributed by atoms with van der Waals surface area (Å²) in [5, 5.41) is 19.9. The van der Waals surface area contributed by atoms with Crippen LogP contribution in [0.1, 0.15) is 5.82 Å². The highest BCUT2D eigenvalue weighted by Gasteiger charge is 2.32. The van der Waals surface area contributed by atoms with Gasteiger partial charge in [-0.05, 0) is 30.3 Å². The minimum atomic E-state index is 0.106. The number of aliphatic hydroxyl groups is 1. The third kappa shape index (κ3) is 2.47. The fraction of sp³-hybridized carbons (Fsp3) is 0.111. The van der Waals surface area contributed by atoms with E-state index in [1.54, 1.807) is 23.1 Å². The molecular weight excluding hydrogens is 359 g/mol. The molecule has 1 aromatic heterocycles. The molecule has 2 aromatic carbocycles. The van der Waals surface area contributed by atoms with Gasteiger partial charge in [-0.3, -0.25) is 5.41 Å². The van der Waals surface area contributed by atoms with Crippen molar-refractivity contribution in [2.45, 2.75) is 0 Å². The number of aromatic nitrogens is 2. The van der Waals surface area contributed by atoms with E-state index in [-0.39, 0.29) is 18.1 Å². The number of fused-ring (bicyclic) bond motifs is 1. The van der Waals surface area contributed by atoms with Gasteiger partial charge < -0.3 is 14.6 Å². The van der Waals surface area contributed by atoms with Gasteiger partial charge in [0.05, 0.1) is 33.2 Å². The summed E-state index contributed by atoms with van der Waals surface area (Å²) >= 11 is 12.1. The lowest BCUT2D eigenvalue weighted by Crippen LogP contribution is -2.26. The quantitative estimate of drug-likeness (QED) is 0.688. The molecule has 1 aliphatic rings. The number of nitrogens with one attached hydrogen (secondary N) is 1. The Hall–Kier alpha value is -2.50. The van der Waals surface area contributed by atoms with Crippen molar-refractivity contribution in [1.29, 1.82) is 5.41 Å². The summed E-state index contributed by atoms with van der Waals surface area (Å²) in [5.41, 5.74) is 2.88. The maximum atomic E-state index is 10.5. The molecule has 0 aliphatic carbocycles. The Morgan fingerprint density at radius 1 is 1.12 bits per heavy atom. The van der Waals surface area contributed by atoms with Gasteiger partial charge in [-0.1, -0.05) is 35.3 Å². The van der Waals surface area contributed by atoms with Crippen LogP contribution in [0, 0.1) is 5.41 Å². The molecule has 0 fully saturated rings. The summed E-state index contributed by atoms with van der Waals surface area (Å²) in [4.78, 5) is 6.26. The summed E-state index contributed by atoms with van der Waals surface area (Å²) in [6.45, 7) is 0.190. The molecule has 0 atom stereocenters. The van der Waals surface area contributed by atoms with Gasteiger partial charge in [0.25, 0.3) is 0 Å². The number of hydrogen-bond donors (Lipinski definition) is 2. The summed E-state index contributed by atoms with van der Waals surface area (Å²) in [7, 11) is 1.88. The van der Waals surface area contributed by atoms with Crippen LogP contribution in [0.4, 0.5) is 5.69 Å². The highest BCUT2D eigenvalue weighted by atomic mass is 35.5. The lowest BCUT2D eigenvalue weighted by molar-refractivity contribution is 0.411. The van der Waals surface area contributed by atoms with Gasteiger partial charge in [0.15, 0.2) is 0 Å². The van der Waals surface area contributed by atoms with Gasteiger partial charge in [0, 0.05) is 12.7 Å². The normalized spacial score (nSPS) is 14.8. The molecule has 2 heterocycles. The number of hydrogen-bond acceptors (Lipinski definition) is 3. The molecule has 0 radical (unpaired) electrons. The van der Waals surface area contributed by atoms with Gasteiger partial charge >= 0.3 is 0 Å². The van der Waals surface area contributed by atoms with Gasteiger partial charge in [0.1, 0.15) is 17.4 Å². The van der Waals surface area contributed by atoms with Crippen LogP contribution in [-0.2, 0) is 7.05 Å². The zero-order valence-electron chi connectivity index (χ0n) is 13.3. The highest BCUT2D eigenvalue weighted by Crippen LogP contribution is 2.34. The van der Waals surface area contributed by atoms with E-state index in [0.29, 0.717) is 27.1 Å². The molecule has 5 nitrogen and oxygen atoms in total. The molecule has 126 valence electrons. The number of aliphatic hydroxyl groups excluding tert-OH is 1. The Balaban J connectivity index is 1.78. The molecule has 0 spiro atoms. The molecular formula is C18H14Cl2N4O. The van der Waals surface area contributed by atoms with Crippen LogP contribution < -0.4 is 4.90 Å². The number of benzene rings is 2. The van der Waals surface area contributed by atoms with Gasteiger partial charge in [-0.15, -0.1) is 0 Å². The van der Waals surface area contributed by atoms with E-state index < -0.39 is 0 Å². The van der Waals surface area contributed by atoms with Crippen LogP contribution in [0.3, 0.4) is 0 Å². The van der Waals surface area contributed by atoms with Gasteiger partial charge in [-0.25, -0.2) is 4.98 Å². The predicted octanol–water partition coefficient (Wildman–Crippen LogP) is 4.65. The van der Waals surface area contributed by atoms with Crippen molar-refractivity contribution in [3.8, 4) is 0 Å². The molecule has 0 bridgehead atoms. The standard InChI is InChI=1S/C18H14Cl2N4O/c1-23-14-5-3-2-4-13(14)22-18(23)16-15(25)9-24(17(16)21)10-6-7-11(19)12(20)8-10/h2-8,21,25H,9H2,1H3. The average molecular weight is 373 g/mol. The van der Waals surface area contributed by atoms with Crippen LogP contribution >= 0.6 is 23.2 Å². The molecule has 0 unspecified atom stereocenters. The van der Waals surface area contributed by atoms with Crippen molar-refractivity contribution in [3.63, 3.8) is 0 Å². The Morgan fingerprint density at radius 3 is 2.60 bits per heavy atom. The van der Waals surface area contributed by atoms with E-state index in [0.717, 1.165) is 11.0 Å². The Bertz CT molecular complexity index is 1050. The van der Waals surface area contributed by atoms with E-state index >= 15 is 0 Å². The Kier molecular flexibility index (Phi) is 3.71. The molecule has 0 amide bonds. The Morgan fingerprint density at radius 2 is 1.88 bits per heavy atom. The van der Waals surface area contributed by atoms with Gasteiger partial charge in [0.2, 0.25) is 0 Å². The lowest BCUT2D eigenvalue weighted by atomic mass is 10.2. The zero-order valence-corrected chi connectivity index (χ0v) is 14.8. The lowest BCUT2D eigenvalue weighted by Gasteiger charge is -2.19. The van der Waals surface area contributed by atoms with Crippen LogP contribution in [0.5, 0.6) is 0 Å². The van der Waals surface area contributed by atoms with Crippen molar-refractivity contribution < 1.29 is 5.11 Å². The predicted molar refractivity (Wildman–Crippen MR) is 102 cm³/mol. The van der Waals surface area contributed by atoms with Crippen LogP contribution in [-0.4, -0.2) is 27.0 Å². The first kappa shape index (κ1) is 16.0. The fourth-order valence-electron chi connectivity index (χ4n) is 3.06. The summed E-state index contributed by atoms with van der Waals surface area (Å²) in [6.07, 6.45) is 0. The SMILES string of the molecule is Cn1c(C2=C(O)CN(c3ccc(Cl)c(Cl)c3)C2=N)nc2ccccc21. The number of imidazole rings is 1. The van der Waals surface area contributed by atoms with Crippen molar-refractivity contribution in [3.05, 3.63) is 64.1 Å². The topological polar surface area (TPSA) is 65.1 Å². The summed E-state index contributed by atoms with van der Waals surface area (Å²) in [6, 6.07) is 12.8. The molecule has 25 heavy (non-hydrogen) atoms. The first-order valence-corrected chi connectivity index (χ1v) is 8.38. The smallest absolute Gasteiger partial charge is 0.148 e. The van der Waals surface area contributed by atoms with Gasteiger partial charge in [-0.2, -0.15) is 0 Å². The third-order valence-corrected chi connectivity index (χ3v) is 5.07. The maximum Gasteiger partial charge on any atom is 0.148 e. The first-order chi connectivity index (χ1) is 12.0. The number of halogens is 2. The van der Waals surface area contributed by atoms with Crippen molar-refractivity contribution in [2.24, 2.45) is 7.05 Å². The minimum Gasteiger partial charge on any atom is -0.509 e. The average Bonchev–Trinajstić information content (AvgIpc) is 3.07. The second-order valence-electron chi connectivity index (χ2n) is 5.84. The monoisotopic (exact) mass is 372 g/mol. The number of rotatable bonds is 2. The van der Waals surface area contributed by atoms with E-state index in [9.17, 15) is 5.11 Å². The number of amidine groups is 1. The third-order valence-electron chi connectivity index (χ3n) is 4.33. The first-order valence-electron chi connectivity index (χ1n) is 7.63. The second-order valence-corrected chi connectivity index (χ2v) is 6.65. The number of aryl methyl sites for hydroxylation is 1. The van der Waals surface area contributed by atoms with E-state index in [1.807, 2.05) is 35.9 Å². The number of para-hydroxylation sites is 2. The largest absolute Gasteiger partial charge is 0.509 e. The second kappa shape index (κ2) is 5.79. The molecule has 2 N–H and O–H groups in total. The Labute approximate surface area is 154 Å². The minimum absolute atomic E-state index is 0.106. The molecule has 4 rings (SSSR count). The summed E-state index contributed by atoms with van der Waals surface area (Å²) in [5.74, 6) is 0.843. The van der Waals surface area contributed by atoms with E-state index in [1.165, 1.54) is 0 Å². The molecule has 1 aliphatic heterocycles.